The van der Waals surface area contributed by atoms with Crippen LogP contribution in [0, 0.1) is 0 Å². The Hall–Kier alpha value is -3.12. The van der Waals surface area contributed by atoms with Crippen molar-refractivity contribution in [2.45, 2.75) is 25.8 Å². The molecule has 3 nitrogen and oxygen atoms in total. The average molecular weight is 395 g/mol. The molecule has 0 aliphatic heterocycles. The summed E-state index contributed by atoms with van der Waals surface area (Å²) in [4.78, 5) is 4.72. The number of benzene rings is 3. The van der Waals surface area contributed by atoms with E-state index in [1.54, 1.807) is 6.07 Å². The van der Waals surface area contributed by atoms with E-state index in [1.165, 1.54) is 12.1 Å². The van der Waals surface area contributed by atoms with E-state index in [1.807, 2.05) is 42.5 Å². The number of nitrogens with zero attached hydrogens (tertiary/aromatic N) is 2. The van der Waals surface area contributed by atoms with Crippen LogP contribution in [0.1, 0.15) is 22.5 Å². The summed E-state index contributed by atoms with van der Waals surface area (Å²) < 4.78 is 40.8. The van der Waals surface area contributed by atoms with Gasteiger partial charge in [0.05, 0.1) is 23.1 Å². The quantitative estimate of drug-likeness (QED) is 0.474. The molecule has 0 aliphatic carbocycles. The zero-order chi connectivity index (χ0) is 20.3. The highest BCUT2D eigenvalue weighted by atomic mass is 19.4. The van der Waals surface area contributed by atoms with Gasteiger partial charge in [0.1, 0.15) is 5.82 Å². The Morgan fingerprint density at radius 1 is 0.793 bits per heavy atom. The van der Waals surface area contributed by atoms with Gasteiger partial charge in [0.15, 0.2) is 0 Å². The van der Waals surface area contributed by atoms with Gasteiger partial charge in [-0.1, -0.05) is 60.7 Å². The number of aromatic nitrogens is 2. The summed E-state index contributed by atoms with van der Waals surface area (Å²) in [6.07, 6.45) is -4.33. The monoisotopic (exact) mass is 395 g/mol. The van der Waals surface area contributed by atoms with Gasteiger partial charge in [-0.15, -0.1) is 0 Å². The summed E-state index contributed by atoms with van der Waals surface area (Å²) in [5, 5.41) is 3.23. The zero-order valence-electron chi connectivity index (χ0n) is 15.7. The molecule has 0 spiro atoms. The molecule has 0 saturated carbocycles. The van der Waals surface area contributed by atoms with Crippen molar-refractivity contribution in [2.75, 3.05) is 0 Å². The van der Waals surface area contributed by atoms with Crippen LogP contribution >= 0.6 is 0 Å². The van der Waals surface area contributed by atoms with Crippen LogP contribution in [0.3, 0.4) is 0 Å². The van der Waals surface area contributed by atoms with Gasteiger partial charge < -0.3 is 9.88 Å². The van der Waals surface area contributed by atoms with E-state index in [0.717, 1.165) is 28.5 Å². The molecule has 0 unspecified atom stereocenters. The third-order valence-corrected chi connectivity index (χ3v) is 4.78. The zero-order valence-corrected chi connectivity index (χ0v) is 15.7. The number of alkyl halides is 3. The van der Waals surface area contributed by atoms with Crippen LogP contribution in [0.5, 0.6) is 0 Å². The number of hydrogen-bond donors (Lipinski definition) is 1. The Morgan fingerprint density at radius 3 is 2.31 bits per heavy atom. The minimum atomic E-state index is -4.33. The van der Waals surface area contributed by atoms with Crippen molar-refractivity contribution in [3.63, 3.8) is 0 Å². The van der Waals surface area contributed by atoms with E-state index in [0.29, 0.717) is 25.2 Å². The highest BCUT2D eigenvalue weighted by Gasteiger charge is 2.30. The molecule has 29 heavy (non-hydrogen) atoms. The number of para-hydroxylation sites is 2. The van der Waals surface area contributed by atoms with Crippen molar-refractivity contribution in [1.82, 2.24) is 14.9 Å². The number of fused-ring (bicyclic) bond motifs is 1. The number of halogens is 3. The number of nitrogens with one attached hydrogen (secondary N) is 1. The third-order valence-electron chi connectivity index (χ3n) is 4.78. The van der Waals surface area contributed by atoms with Crippen LogP contribution < -0.4 is 5.32 Å². The average Bonchev–Trinajstić information content (AvgIpc) is 3.06. The van der Waals surface area contributed by atoms with Gasteiger partial charge in [0, 0.05) is 13.1 Å². The van der Waals surface area contributed by atoms with E-state index in [4.69, 9.17) is 4.98 Å². The molecule has 1 aromatic heterocycles. The van der Waals surface area contributed by atoms with Crippen molar-refractivity contribution in [3.05, 3.63) is 101 Å². The molecular weight excluding hydrogens is 375 g/mol. The molecule has 0 aliphatic rings. The van der Waals surface area contributed by atoms with Crippen molar-refractivity contribution in [2.24, 2.45) is 0 Å². The summed E-state index contributed by atoms with van der Waals surface area (Å²) >= 11 is 0. The Balaban J connectivity index is 1.53. The van der Waals surface area contributed by atoms with Crippen LogP contribution in [0.15, 0.2) is 78.9 Å². The largest absolute Gasteiger partial charge is 0.416 e. The highest BCUT2D eigenvalue weighted by molar-refractivity contribution is 5.76. The minimum absolute atomic E-state index is 0.332. The summed E-state index contributed by atoms with van der Waals surface area (Å²) in [5.41, 5.74) is 3.06. The normalized spacial score (nSPS) is 11.8. The van der Waals surface area contributed by atoms with E-state index < -0.39 is 11.7 Å². The minimum Gasteiger partial charge on any atom is -0.322 e. The number of imidazole rings is 1. The van der Waals surface area contributed by atoms with Crippen LogP contribution in [-0.4, -0.2) is 9.55 Å². The molecule has 1 N–H and O–H groups in total. The van der Waals surface area contributed by atoms with E-state index >= 15 is 0 Å². The van der Waals surface area contributed by atoms with Crippen LogP contribution in [0.4, 0.5) is 13.2 Å². The summed E-state index contributed by atoms with van der Waals surface area (Å²) in [6.45, 7) is 1.47. The highest BCUT2D eigenvalue weighted by Crippen LogP contribution is 2.29. The topological polar surface area (TPSA) is 29.9 Å². The van der Waals surface area contributed by atoms with Gasteiger partial charge in [-0.25, -0.2) is 4.98 Å². The molecule has 6 heteroatoms. The lowest BCUT2D eigenvalue weighted by molar-refractivity contribution is -0.137. The predicted octanol–water partition coefficient (Wildman–Crippen LogP) is 5.39. The SMILES string of the molecule is FC(F)(F)c1cccc(CNCc2nc3ccccc3n2Cc2ccccc2)c1. The van der Waals surface area contributed by atoms with Crippen LogP contribution in [0.25, 0.3) is 11.0 Å². The van der Waals surface area contributed by atoms with Gasteiger partial charge in [0.2, 0.25) is 0 Å². The van der Waals surface area contributed by atoms with Crippen molar-refractivity contribution in [1.29, 1.82) is 0 Å². The van der Waals surface area contributed by atoms with Gasteiger partial charge in [-0.2, -0.15) is 13.2 Å². The fourth-order valence-electron chi connectivity index (χ4n) is 3.38. The molecule has 0 radical (unpaired) electrons. The molecule has 4 aromatic rings. The number of rotatable bonds is 6. The molecule has 1 heterocycles. The van der Waals surface area contributed by atoms with Gasteiger partial charge >= 0.3 is 6.18 Å². The molecule has 4 rings (SSSR count). The molecule has 0 bridgehead atoms. The maximum Gasteiger partial charge on any atom is 0.416 e. The molecule has 0 atom stereocenters. The van der Waals surface area contributed by atoms with Gasteiger partial charge in [-0.3, -0.25) is 0 Å². The maximum absolute atomic E-state index is 12.9. The third kappa shape index (κ3) is 4.49. The maximum atomic E-state index is 12.9. The first-order valence-corrected chi connectivity index (χ1v) is 9.35. The Morgan fingerprint density at radius 2 is 1.52 bits per heavy atom. The summed E-state index contributed by atoms with van der Waals surface area (Å²) in [7, 11) is 0. The van der Waals surface area contributed by atoms with E-state index in [9.17, 15) is 13.2 Å². The first-order valence-electron chi connectivity index (χ1n) is 9.35. The van der Waals surface area contributed by atoms with Crippen molar-refractivity contribution >= 4 is 11.0 Å². The predicted molar refractivity (Wildman–Crippen MR) is 107 cm³/mol. The molecule has 0 fully saturated rings. The second-order valence-electron chi connectivity index (χ2n) is 6.89. The molecular formula is C23H20F3N3. The molecule has 3 aromatic carbocycles. The summed E-state index contributed by atoms with van der Waals surface area (Å²) in [6, 6.07) is 23.4. The fraction of sp³-hybridized carbons (Fsp3) is 0.174. The van der Waals surface area contributed by atoms with Crippen molar-refractivity contribution < 1.29 is 13.2 Å². The molecule has 148 valence electrons. The Kier molecular flexibility index (Phi) is 5.36. The van der Waals surface area contributed by atoms with E-state index in [2.05, 4.69) is 22.0 Å². The van der Waals surface area contributed by atoms with Crippen LogP contribution in [-0.2, 0) is 25.8 Å². The second kappa shape index (κ2) is 8.09. The fourth-order valence-corrected chi connectivity index (χ4v) is 3.38. The van der Waals surface area contributed by atoms with Gasteiger partial charge in [-0.05, 0) is 29.3 Å². The number of hydrogen-bond acceptors (Lipinski definition) is 2. The smallest absolute Gasteiger partial charge is 0.322 e. The van der Waals surface area contributed by atoms with E-state index in [-0.39, 0.29) is 0 Å². The second-order valence-corrected chi connectivity index (χ2v) is 6.89. The summed E-state index contributed by atoms with van der Waals surface area (Å²) in [5.74, 6) is 0.849. The van der Waals surface area contributed by atoms with Crippen LogP contribution in [0.2, 0.25) is 0 Å². The Bertz CT molecular complexity index is 1100. The molecule has 0 amide bonds. The van der Waals surface area contributed by atoms with Crippen molar-refractivity contribution in [3.8, 4) is 0 Å². The lowest BCUT2D eigenvalue weighted by Crippen LogP contribution is -2.17. The molecule has 0 saturated heterocycles. The standard InChI is InChI=1S/C23H20F3N3/c24-23(25,26)19-10-6-9-18(13-19)14-27-15-22-28-20-11-4-5-12-21(20)29(22)16-17-7-2-1-3-8-17/h1-13,27H,14-16H2. The van der Waals surface area contributed by atoms with Gasteiger partial charge in [0.25, 0.3) is 0 Å². The Labute approximate surface area is 166 Å². The lowest BCUT2D eigenvalue weighted by Gasteiger charge is -2.12. The first kappa shape index (κ1) is 19.2. The lowest BCUT2D eigenvalue weighted by atomic mass is 10.1. The first-order chi connectivity index (χ1) is 14.0.